The summed E-state index contributed by atoms with van der Waals surface area (Å²) in [5, 5.41) is 7.90. The molecule has 184 valence electrons. The van der Waals surface area contributed by atoms with Crippen LogP contribution >= 0.6 is 0 Å². The minimum atomic E-state index is -0.401. The molecule has 6 rings (SSSR count). The standard InChI is InChI=1S/C30H26FN5O/c1-2-26-25-20-35(30(37)32-23-14-9-13-22(31)19-23)28(21-11-5-3-6-12-21)27-17-10-18-34(27)29(25)36(33-26)24-15-7-4-8-16-24/h3-19,28H,2,20H2,1H3,(H,32,37). The zero-order valence-corrected chi connectivity index (χ0v) is 20.4. The average Bonchev–Trinajstić information content (AvgIpc) is 3.51. The largest absolute Gasteiger partial charge is 0.322 e. The van der Waals surface area contributed by atoms with Crippen molar-refractivity contribution in [1.82, 2.24) is 19.2 Å². The van der Waals surface area contributed by atoms with Crippen molar-refractivity contribution in [3.8, 4) is 11.5 Å². The molecule has 1 aliphatic rings. The summed E-state index contributed by atoms with van der Waals surface area (Å²) in [5.74, 6) is 0.520. The predicted octanol–water partition coefficient (Wildman–Crippen LogP) is 6.50. The Labute approximate surface area is 214 Å². The number of amides is 2. The van der Waals surface area contributed by atoms with Crippen LogP contribution in [0.3, 0.4) is 0 Å². The summed E-state index contributed by atoms with van der Waals surface area (Å²) in [4.78, 5) is 15.7. The first-order valence-electron chi connectivity index (χ1n) is 12.4. The number of aryl methyl sites for hydroxylation is 1. The van der Waals surface area contributed by atoms with Crippen LogP contribution in [0.1, 0.15) is 35.5 Å². The molecule has 37 heavy (non-hydrogen) atoms. The van der Waals surface area contributed by atoms with Gasteiger partial charge >= 0.3 is 6.03 Å². The van der Waals surface area contributed by atoms with E-state index in [0.29, 0.717) is 18.7 Å². The van der Waals surface area contributed by atoms with Crippen molar-refractivity contribution in [2.75, 3.05) is 5.32 Å². The number of urea groups is 1. The second-order valence-electron chi connectivity index (χ2n) is 9.03. The molecule has 2 amide bonds. The highest BCUT2D eigenvalue weighted by Crippen LogP contribution is 2.38. The highest BCUT2D eigenvalue weighted by atomic mass is 19.1. The molecule has 1 unspecified atom stereocenters. The van der Waals surface area contributed by atoms with Gasteiger partial charge in [-0.3, -0.25) is 0 Å². The number of nitrogens with zero attached hydrogens (tertiary/aromatic N) is 4. The summed E-state index contributed by atoms with van der Waals surface area (Å²) in [5.41, 5.74) is 5.20. The lowest BCUT2D eigenvalue weighted by Gasteiger charge is -2.31. The minimum Gasteiger partial charge on any atom is -0.308 e. The van der Waals surface area contributed by atoms with Gasteiger partial charge in [-0.05, 0) is 54.4 Å². The maximum atomic E-state index is 13.9. The van der Waals surface area contributed by atoms with Crippen LogP contribution in [0, 0.1) is 5.82 Å². The zero-order valence-electron chi connectivity index (χ0n) is 20.4. The lowest BCUT2D eigenvalue weighted by atomic mass is 10.0. The first kappa shape index (κ1) is 22.8. The molecule has 1 atom stereocenters. The number of carbonyl (C=O) groups is 1. The number of hydrogen-bond donors (Lipinski definition) is 1. The molecule has 0 saturated carbocycles. The van der Waals surface area contributed by atoms with E-state index in [1.165, 1.54) is 12.1 Å². The smallest absolute Gasteiger partial charge is 0.308 e. The van der Waals surface area contributed by atoms with E-state index in [1.807, 2.05) is 88.6 Å². The third-order valence-corrected chi connectivity index (χ3v) is 6.76. The summed E-state index contributed by atoms with van der Waals surface area (Å²) < 4.78 is 18.0. The van der Waals surface area contributed by atoms with Crippen molar-refractivity contribution < 1.29 is 9.18 Å². The van der Waals surface area contributed by atoms with Crippen LogP contribution in [0.2, 0.25) is 0 Å². The van der Waals surface area contributed by atoms with Crippen LogP contribution in [-0.4, -0.2) is 25.3 Å². The molecule has 7 heteroatoms. The van der Waals surface area contributed by atoms with Gasteiger partial charge in [-0.2, -0.15) is 5.10 Å². The van der Waals surface area contributed by atoms with Gasteiger partial charge in [0.25, 0.3) is 0 Å². The minimum absolute atomic E-state index is 0.311. The van der Waals surface area contributed by atoms with E-state index < -0.39 is 5.82 Å². The van der Waals surface area contributed by atoms with Crippen LogP contribution in [0.4, 0.5) is 14.9 Å². The Morgan fingerprint density at radius 3 is 2.46 bits per heavy atom. The number of fused-ring (bicyclic) bond motifs is 3. The van der Waals surface area contributed by atoms with E-state index in [-0.39, 0.29) is 12.1 Å². The number of rotatable bonds is 4. The summed E-state index contributed by atoms with van der Waals surface area (Å²) in [7, 11) is 0. The maximum absolute atomic E-state index is 13.9. The van der Waals surface area contributed by atoms with Gasteiger partial charge in [0.05, 0.1) is 29.7 Å². The number of halogens is 1. The summed E-state index contributed by atoms with van der Waals surface area (Å²) in [6.45, 7) is 2.42. The Balaban J connectivity index is 1.55. The van der Waals surface area contributed by atoms with Crippen molar-refractivity contribution in [1.29, 1.82) is 0 Å². The molecule has 0 saturated heterocycles. The van der Waals surface area contributed by atoms with E-state index in [1.54, 1.807) is 12.1 Å². The van der Waals surface area contributed by atoms with Crippen LogP contribution in [-0.2, 0) is 13.0 Å². The zero-order chi connectivity index (χ0) is 25.4. The van der Waals surface area contributed by atoms with Crippen molar-refractivity contribution in [2.24, 2.45) is 0 Å². The Kier molecular flexibility index (Phi) is 5.81. The number of nitrogens with one attached hydrogen (secondary N) is 1. The van der Waals surface area contributed by atoms with Gasteiger partial charge < -0.3 is 14.8 Å². The van der Waals surface area contributed by atoms with E-state index >= 15 is 0 Å². The molecular weight excluding hydrogens is 465 g/mol. The Morgan fingerprint density at radius 2 is 1.73 bits per heavy atom. The van der Waals surface area contributed by atoms with Gasteiger partial charge in [-0.25, -0.2) is 13.9 Å². The lowest BCUT2D eigenvalue weighted by Crippen LogP contribution is -2.38. The quantitative estimate of drug-likeness (QED) is 0.312. The molecule has 0 radical (unpaired) electrons. The van der Waals surface area contributed by atoms with Gasteiger partial charge in [0.15, 0.2) is 0 Å². The molecule has 6 nitrogen and oxygen atoms in total. The second-order valence-corrected chi connectivity index (χ2v) is 9.03. The average molecular weight is 492 g/mol. The topological polar surface area (TPSA) is 55.1 Å². The fraction of sp³-hybridized carbons (Fsp3) is 0.133. The van der Waals surface area contributed by atoms with Crippen molar-refractivity contribution in [3.63, 3.8) is 0 Å². The number of aromatic nitrogens is 3. The van der Waals surface area contributed by atoms with Gasteiger partial charge in [0.1, 0.15) is 11.6 Å². The SMILES string of the molecule is CCc1nn(-c2ccccc2)c2c1CN(C(=O)Nc1cccc(F)c1)C(c1ccccc1)c1cccn1-2. The van der Waals surface area contributed by atoms with Crippen LogP contribution in [0.15, 0.2) is 103 Å². The van der Waals surface area contributed by atoms with Gasteiger partial charge in [0.2, 0.25) is 0 Å². The lowest BCUT2D eigenvalue weighted by molar-refractivity contribution is 0.194. The van der Waals surface area contributed by atoms with E-state index in [4.69, 9.17) is 5.10 Å². The molecule has 3 heterocycles. The first-order valence-corrected chi connectivity index (χ1v) is 12.4. The predicted molar refractivity (Wildman–Crippen MR) is 142 cm³/mol. The third kappa shape index (κ3) is 4.08. The molecule has 5 aromatic rings. The molecule has 2 aromatic heterocycles. The van der Waals surface area contributed by atoms with Crippen molar-refractivity contribution >= 4 is 11.7 Å². The number of para-hydroxylation sites is 1. The summed E-state index contributed by atoms with van der Waals surface area (Å²) in [6, 6.07) is 29.3. The Hall–Kier alpha value is -4.65. The maximum Gasteiger partial charge on any atom is 0.322 e. The van der Waals surface area contributed by atoms with Gasteiger partial charge in [0, 0.05) is 17.4 Å². The highest BCUT2D eigenvalue weighted by molar-refractivity contribution is 5.90. The molecular formula is C30H26FN5O. The van der Waals surface area contributed by atoms with Gasteiger partial charge in [-0.1, -0.05) is 61.5 Å². The first-order chi connectivity index (χ1) is 18.1. The molecule has 1 aliphatic heterocycles. The Morgan fingerprint density at radius 1 is 0.973 bits per heavy atom. The fourth-order valence-electron chi connectivity index (χ4n) is 5.10. The monoisotopic (exact) mass is 491 g/mol. The third-order valence-electron chi connectivity index (χ3n) is 6.76. The summed E-state index contributed by atoms with van der Waals surface area (Å²) in [6.07, 6.45) is 2.74. The number of hydrogen-bond acceptors (Lipinski definition) is 2. The van der Waals surface area contributed by atoms with E-state index in [2.05, 4.69) is 16.8 Å². The van der Waals surface area contributed by atoms with Crippen LogP contribution in [0.25, 0.3) is 11.5 Å². The van der Waals surface area contributed by atoms with Crippen LogP contribution in [0.5, 0.6) is 0 Å². The normalized spacial score (nSPS) is 14.5. The summed E-state index contributed by atoms with van der Waals surface area (Å²) >= 11 is 0. The highest BCUT2D eigenvalue weighted by Gasteiger charge is 2.36. The molecule has 1 N–H and O–H groups in total. The molecule has 3 aromatic carbocycles. The molecule has 0 bridgehead atoms. The fourth-order valence-corrected chi connectivity index (χ4v) is 5.10. The van der Waals surface area contributed by atoms with Gasteiger partial charge in [-0.15, -0.1) is 0 Å². The molecule has 0 aliphatic carbocycles. The van der Waals surface area contributed by atoms with Crippen LogP contribution < -0.4 is 5.32 Å². The molecule has 0 fully saturated rings. The Bertz CT molecular complexity index is 1560. The number of benzene rings is 3. The number of carbonyl (C=O) groups excluding carboxylic acids is 1. The number of anilines is 1. The van der Waals surface area contributed by atoms with Crippen molar-refractivity contribution in [2.45, 2.75) is 25.9 Å². The molecule has 0 spiro atoms. The van der Waals surface area contributed by atoms with E-state index in [0.717, 1.165) is 34.0 Å². The second kappa shape index (κ2) is 9.43. The van der Waals surface area contributed by atoms with Crippen molar-refractivity contribution in [3.05, 3.63) is 132 Å². The van der Waals surface area contributed by atoms with E-state index in [9.17, 15) is 9.18 Å².